The van der Waals surface area contributed by atoms with Crippen LogP contribution in [0.1, 0.15) is 28.7 Å². The van der Waals surface area contributed by atoms with Gasteiger partial charge in [0.05, 0.1) is 0 Å². The van der Waals surface area contributed by atoms with Crippen molar-refractivity contribution < 1.29 is 0 Å². The van der Waals surface area contributed by atoms with Crippen molar-refractivity contribution in [3.05, 3.63) is 265 Å². The molecule has 9 rings (SSSR count). The van der Waals surface area contributed by atoms with Gasteiger partial charge in [0.25, 0.3) is 0 Å². The Morgan fingerprint density at radius 1 is 0.264 bits per heavy atom. The van der Waals surface area contributed by atoms with Gasteiger partial charge in [-0.1, -0.05) is 194 Å². The number of hydrogen-bond acceptors (Lipinski definition) is 0. The van der Waals surface area contributed by atoms with Gasteiger partial charge in [0.2, 0.25) is 0 Å². The number of hydrogen-bond donors (Lipinski definition) is 0. The molecule has 0 atom stereocenters. The molecule has 0 saturated carbocycles. The van der Waals surface area contributed by atoms with E-state index in [1.54, 1.807) is 0 Å². The van der Waals surface area contributed by atoms with Crippen molar-refractivity contribution in [2.24, 2.45) is 0 Å². The van der Waals surface area contributed by atoms with Gasteiger partial charge in [-0.2, -0.15) is 0 Å². The third kappa shape index (κ3) is 6.48. The first-order valence-electron chi connectivity index (χ1n) is 18.5. The first-order valence-corrected chi connectivity index (χ1v) is 20.3. The van der Waals surface area contributed by atoms with E-state index in [9.17, 15) is 0 Å². The largest absolute Gasteiger partial charge is 0.150 e. The fourth-order valence-electron chi connectivity index (χ4n) is 8.35. The fourth-order valence-corrected chi connectivity index (χ4v) is 12.6. The maximum atomic E-state index is 2.58. The minimum absolute atomic E-state index is 0.0752. The van der Waals surface area contributed by atoms with Gasteiger partial charge in [-0.25, -0.2) is 0 Å². The third-order valence-corrected chi connectivity index (χ3v) is 15.1. The van der Waals surface area contributed by atoms with Crippen LogP contribution in [0.25, 0.3) is 0 Å². The Morgan fingerprint density at radius 3 is 0.623 bits per heavy atom. The molecule has 1 saturated heterocycles. The Hall–Kier alpha value is -5.75. The second kappa shape index (κ2) is 15.5. The first kappa shape index (κ1) is 34.3. The summed E-state index contributed by atoms with van der Waals surface area (Å²) in [6.07, 6.45) is 1.03. The van der Waals surface area contributed by atoms with Gasteiger partial charge < -0.3 is 0 Å². The van der Waals surface area contributed by atoms with E-state index in [1.807, 2.05) is 0 Å². The van der Waals surface area contributed by atoms with E-state index in [1.165, 1.54) is 43.5 Å². The topological polar surface area (TPSA) is 0 Å². The van der Waals surface area contributed by atoms with Gasteiger partial charge in [0.1, 0.15) is 35.8 Å². The van der Waals surface area contributed by atoms with Crippen molar-refractivity contribution in [1.29, 1.82) is 0 Å². The quantitative estimate of drug-likeness (QED) is 0.110. The lowest BCUT2D eigenvalue weighted by Gasteiger charge is -2.57. The predicted molar refractivity (Wildman–Crippen MR) is 229 cm³/mol. The molecular weight excluding hydrogens is 654 g/mol. The van der Waals surface area contributed by atoms with Crippen molar-refractivity contribution in [2.45, 2.75) is 17.0 Å². The molecule has 0 N–H and O–H groups in total. The van der Waals surface area contributed by atoms with E-state index in [0.29, 0.717) is 0 Å². The highest BCUT2D eigenvalue weighted by Gasteiger charge is 2.58. The highest BCUT2D eigenvalue weighted by molar-refractivity contribution is 8.01. The van der Waals surface area contributed by atoms with Crippen molar-refractivity contribution >= 4 is 35.8 Å². The smallest absolute Gasteiger partial charge is 0.0622 e. The minimum atomic E-state index is -1.91. The summed E-state index contributed by atoms with van der Waals surface area (Å²) < 4.78 is 0. The fraction of sp³-hybridized carbons (Fsp3) is 0.0588. The van der Waals surface area contributed by atoms with Crippen LogP contribution in [0.3, 0.4) is 0 Å². The van der Waals surface area contributed by atoms with Crippen LogP contribution in [0.2, 0.25) is 0 Å². The molecule has 1 radical (unpaired) electrons. The highest BCUT2D eigenvalue weighted by atomic mass is 31.2. The summed E-state index contributed by atoms with van der Waals surface area (Å²) in [5, 5.41) is 5.40. The molecule has 0 bridgehead atoms. The zero-order valence-corrected chi connectivity index (χ0v) is 30.7. The zero-order chi connectivity index (χ0) is 35.8. The predicted octanol–water partition coefficient (Wildman–Crippen LogP) is 10.3. The molecule has 8 aromatic carbocycles. The van der Waals surface area contributed by atoms with Crippen molar-refractivity contribution in [3.8, 4) is 0 Å². The van der Waals surface area contributed by atoms with Gasteiger partial charge in [-0.15, -0.1) is 0 Å². The lowest BCUT2D eigenvalue weighted by Crippen LogP contribution is -2.62. The summed E-state index contributed by atoms with van der Waals surface area (Å²) >= 11 is 0. The maximum absolute atomic E-state index is 2.58. The Balaban J connectivity index is 0.000000152. The third-order valence-electron chi connectivity index (χ3n) is 10.8. The molecule has 0 unspecified atom stereocenters. The minimum Gasteiger partial charge on any atom is -0.0622 e. The molecule has 8 aromatic rings. The van der Waals surface area contributed by atoms with Gasteiger partial charge in [-0.3, -0.25) is 0 Å². The molecular formula is C51H42BP+. The molecule has 1 aliphatic heterocycles. The summed E-state index contributed by atoms with van der Waals surface area (Å²) in [6.45, 7) is 0. The molecule has 0 spiro atoms. The SMILES string of the molecule is [B]1C(c2ccccc2)(c2ccccc2)CC1(c1ccccc1)c1ccccc1.c1ccc([P+](c2ccccc2)(c2ccccc2)c2ccccc2)cc1. The van der Waals surface area contributed by atoms with Gasteiger partial charge in [0.15, 0.2) is 0 Å². The molecule has 53 heavy (non-hydrogen) atoms. The van der Waals surface area contributed by atoms with Crippen LogP contribution in [-0.4, -0.2) is 7.28 Å². The Bertz CT molecular complexity index is 1960. The van der Waals surface area contributed by atoms with Crippen molar-refractivity contribution in [2.75, 3.05) is 0 Å². The summed E-state index contributed by atoms with van der Waals surface area (Å²) in [5.41, 5.74) is 5.46. The van der Waals surface area contributed by atoms with E-state index in [0.717, 1.165) is 6.42 Å². The molecule has 1 heterocycles. The highest BCUT2D eigenvalue weighted by Crippen LogP contribution is 2.57. The second-order valence-corrected chi connectivity index (χ2v) is 17.1. The van der Waals surface area contributed by atoms with E-state index >= 15 is 0 Å². The molecule has 0 amide bonds. The Labute approximate surface area is 316 Å². The van der Waals surface area contributed by atoms with E-state index in [2.05, 4.69) is 250 Å². The lowest BCUT2D eigenvalue weighted by atomic mass is 9.19. The average molecular weight is 697 g/mol. The summed E-state index contributed by atoms with van der Waals surface area (Å²) in [5.74, 6) is 0. The van der Waals surface area contributed by atoms with E-state index in [-0.39, 0.29) is 10.6 Å². The Morgan fingerprint density at radius 2 is 0.434 bits per heavy atom. The summed E-state index contributed by atoms with van der Waals surface area (Å²) in [4.78, 5) is 0. The molecule has 253 valence electrons. The van der Waals surface area contributed by atoms with Crippen LogP contribution >= 0.6 is 7.26 Å². The molecule has 0 aliphatic carbocycles. The van der Waals surface area contributed by atoms with Crippen molar-refractivity contribution in [3.63, 3.8) is 0 Å². The first-order chi connectivity index (χ1) is 26.3. The van der Waals surface area contributed by atoms with Gasteiger partial charge in [-0.05, 0) is 87.8 Å². The van der Waals surface area contributed by atoms with Crippen LogP contribution in [-0.2, 0) is 10.6 Å². The maximum Gasteiger partial charge on any atom is 0.150 e. The normalized spacial score (nSPS) is 14.0. The van der Waals surface area contributed by atoms with E-state index < -0.39 is 7.26 Å². The molecule has 2 heteroatoms. The van der Waals surface area contributed by atoms with E-state index in [4.69, 9.17) is 0 Å². The standard InChI is InChI=1S/C27H22B.C24H20P/c1-5-13-22(14-6-1)26(23-15-7-2-8-16-23)21-27(28-26,24-17-9-3-10-18-24)25-19-11-4-12-20-25;1-5-13-21(14-6-1)25(22-15-7-2-8-16-22,23-17-9-3-10-18-23)24-19-11-4-12-20-24/h1-20H,21H2;1-20H/q;+1. The Kier molecular flexibility index (Phi) is 10.0. The van der Waals surface area contributed by atoms with Crippen LogP contribution in [0, 0.1) is 0 Å². The van der Waals surface area contributed by atoms with Gasteiger partial charge >= 0.3 is 0 Å². The average Bonchev–Trinajstić information content (AvgIpc) is 3.24. The molecule has 1 fully saturated rings. The van der Waals surface area contributed by atoms with Crippen LogP contribution < -0.4 is 21.2 Å². The van der Waals surface area contributed by atoms with Crippen LogP contribution in [0.4, 0.5) is 0 Å². The van der Waals surface area contributed by atoms with Crippen LogP contribution in [0.15, 0.2) is 243 Å². The van der Waals surface area contributed by atoms with Gasteiger partial charge in [0, 0.05) is 0 Å². The molecule has 1 aliphatic rings. The molecule has 0 aromatic heterocycles. The summed E-state index contributed by atoms with van der Waals surface area (Å²) in [7, 11) is 0.673. The zero-order valence-electron chi connectivity index (χ0n) is 29.8. The number of benzene rings is 8. The summed E-state index contributed by atoms with van der Waals surface area (Å²) in [6, 6.07) is 87.6. The number of rotatable bonds is 8. The molecule has 0 nitrogen and oxygen atoms in total. The monoisotopic (exact) mass is 696 g/mol. The van der Waals surface area contributed by atoms with Crippen LogP contribution in [0.5, 0.6) is 0 Å². The second-order valence-electron chi connectivity index (χ2n) is 13.7. The lowest BCUT2D eigenvalue weighted by molar-refractivity contribution is 0.447. The van der Waals surface area contributed by atoms with Crippen molar-refractivity contribution in [1.82, 2.24) is 0 Å².